The van der Waals surface area contributed by atoms with E-state index >= 15 is 0 Å². The SMILES string of the molecule is CCC(C)c1ccc(S(=O)(=O)NCCc2cccs2)cc1. The summed E-state index contributed by atoms with van der Waals surface area (Å²) in [5.41, 5.74) is 1.18. The Kier molecular flexibility index (Phi) is 5.56. The first-order valence-corrected chi connectivity index (χ1v) is 9.51. The Hall–Kier alpha value is -1.17. The summed E-state index contributed by atoms with van der Waals surface area (Å²) in [5.74, 6) is 0.452. The minimum Gasteiger partial charge on any atom is -0.211 e. The Labute approximate surface area is 131 Å². The molecule has 1 aromatic heterocycles. The molecule has 0 bridgehead atoms. The van der Waals surface area contributed by atoms with Gasteiger partial charge in [0.05, 0.1) is 4.90 Å². The summed E-state index contributed by atoms with van der Waals surface area (Å²) in [6.07, 6.45) is 1.77. The van der Waals surface area contributed by atoms with Crippen molar-refractivity contribution < 1.29 is 8.42 Å². The lowest BCUT2D eigenvalue weighted by Gasteiger charge is -2.10. The highest BCUT2D eigenvalue weighted by atomic mass is 32.2. The Bertz CT molecular complexity index is 646. The summed E-state index contributed by atoms with van der Waals surface area (Å²) in [4.78, 5) is 1.52. The van der Waals surface area contributed by atoms with E-state index in [1.54, 1.807) is 23.5 Å². The van der Waals surface area contributed by atoms with E-state index in [0.717, 1.165) is 12.8 Å². The largest absolute Gasteiger partial charge is 0.240 e. The number of benzene rings is 1. The maximum absolute atomic E-state index is 12.2. The number of hydrogen-bond acceptors (Lipinski definition) is 3. The summed E-state index contributed by atoms with van der Waals surface area (Å²) in [7, 11) is -3.41. The predicted octanol–water partition coefficient (Wildman–Crippen LogP) is 3.78. The van der Waals surface area contributed by atoms with E-state index in [2.05, 4.69) is 18.6 Å². The second-order valence-electron chi connectivity index (χ2n) is 5.11. The highest BCUT2D eigenvalue weighted by molar-refractivity contribution is 7.89. The molecular weight excluding hydrogens is 302 g/mol. The van der Waals surface area contributed by atoms with Crippen LogP contribution >= 0.6 is 11.3 Å². The van der Waals surface area contributed by atoms with E-state index in [1.165, 1.54) is 10.4 Å². The number of sulfonamides is 1. The molecule has 2 aromatic rings. The van der Waals surface area contributed by atoms with Gasteiger partial charge in [0.25, 0.3) is 0 Å². The lowest BCUT2D eigenvalue weighted by atomic mass is 9.99. The van der Waals surface area contributed by atoms with Gasteiger partial charge in [-0.3, -0.25) is 0 Å². The summed E-state index contributed by atoms with van der Waals surface area (Å²) in [5, 5.41) is 2.00. The average molecular weight is 323 g/mol. The van der Waals surface area contributed by atoms with Crippen LogP contribution in [0.5, 0.6) is 0 Å². The normalized spacial score (nSPS) is 13.2. The maximum atomic E-state index is 12.2. The Balaban J connectivity index is 1.98. The first kappa shape index (κ1) is 16.2. The number of thiophene rings is 1. The molecule has 0 aliphatic carbocycles. The molecule has 0 saturated heterocycles. The van der Waals surface area contributed by atoms with Crippen LogP contribution in [0.15, 0.2) is 46.7 Å². The number of rotatable bonds is 7. The average Bonchev–Trinajstić information content (AvgIpc) is 2.99. The highest BCUT2D eigenvalue weighted by Crippen LogP contribution is 2.20. The Morgan fingerprint density at radius 2 is 1.90 bits per heavy atom. The lowest BCUT2D eigenvalue weighted by molar-refractivity contribution is 0.581. The van der Waals surface area contributed by atoms with Crippen LogP contribution in [-0.2, 0) is 16.4 Å². The molecule has 1 N–H and O–H groups in total. The molecule has 0 saturated carbocycles. The molecule has 1 unspecified atom stereocenters. The Morgan fingerprint density at radius 3 is 2.48 bits per heavy atom. The molecule has 21 heavy (non-hydrogen) atoms. The van der Waals surface area contributed by atoms with Crippen molar-refractivity contribution in [2.45, 2.75) is 37.5 Å². The van der Waals surface area contributed by atoms with Gasteiger partial charge in [0.15, 0.2) is 0 Å². The minimum absolute atomic E-state index is 0.334. The third-order valence-electron chi connectivity index (χ3n) is 3.62. The topological polar surface area (TPSA) is 46.2 Å². The molecule has 0 spiro atoms. The van der Waals surface area contributed by atoms with Gasteiger partial charge >= 0.3 is 0 Å². The second kappa shape index (κ2) is 7.20. The predicted molar refractivity (Wildman–Crippen MR) is 88.4 cm³/mol. The summed E-state index contributed by atoms with van der Waals surface area (Å²) >= 11 is 1.64. The van der Waals surface area contributed by atoms with Crippen LogP contribution in [-0.4, -0.2) is 15.0 Å². The van der Waals surface area contributed by atoms with Crippen molar-refractivity contribution in [1.29, 1.82) is 0 Å². The van der Waals surface area contributed by atoms with Crippen molar-refractivity contribution in [2.24, 2.45) is 0 Å². The van der Waals surface area contributed by atoms with Gasteiger partial charge in [-0.15, -0.1) is 11.3 Å². The quantitative estimate of drug-likeness (QED) is 0.843. The molecule has 1 aromatic carbocycles. The van der Waals surface area contributed by atoms with Gasteiger partial charge in [0.1, 0.15) is 0 Å². The van der Waals surface area contributed by atoms with Gasteiger partial charge < -0.3 is 0 Å². The molecule has 0 fully saturated rings. The van der Waals surface area contributed by atoms with Gasteiger partial charge in [-0.25, -0.2) is 13.1 Å². The van der Waals surface area contributed by atoms with Crippen molar-refractivity contribution in [1.82, 2.24) is 4.72 Å². The van der Waals surface area contributed by atoms with Gasteiger partial charge in [0, 0.05) is 11.4 Å². The lowest BCUT2D eigenvalue weighted by Crippen LogP contribution is -2.25. The fraction of sp³-hybridized carbons (Fsp3) is 0.375. The minimum atomic E-state index is -3.41. The van der Waals surface area contributed by atoms with E-state index < -0.39 is 10.0 Å². The van der Waals surface area contributed by atoms with Crippen LogP contribution in [0.4, 0.5) is 0 Å². The molecule has 2 rings (SSSR count). The van der Waals surface area contributed by atoms with Gasteiger partial charge in [-0.2, -0.15) is 0 Å². The van der Waals surface area contributed by atoms with E-state index in [9.17, 15) is 8.42 Å². The van der Waals surface area contributed by atoms with Crippen LogP contribution in [0.1, 0.15) is 36.6 Å². The van der Waals surface area contributed by atoms with Crippen LogP contribution < -0.4 is 4.72 Å². The molecule has 3 nitrogen and oxygen atoms in total. The fourth-order valence-corrected chi connectivity index (χ4v) is 3.80. The molecule has 1 heterocycles. The highest BCUT2D eigenvalue weighted by Gasteiger charge is 2.14. The zero-order valence-corrected chi connectivity index (χ0v) is 14.0. The fourth-order valence-electron chi connectivity index (χ4n) is 2.06. The van der Waals surface area contributed by atoms with E-state index in [4.69, 9.17) is 0 Å². The smallest absolute Gasteiger partial charge is 0.211 e. The van der Waals surface area contributed by atoms with Crippen LogP contribution in [0, 0.1) is 0 Å². The van der Waals surface area contributed by atoms with E-state index in [0.29, 0.717) is 17.4 Å². The molecule has 114 valence electrons. The van der Waals surface area contributed by atoms with Crippen LogP contribution in [0.3, 0.4) is 0 Å². The van der Waals surface area contributed by atoms with Crippen molar-refractivity contribution in [3.8, 4) is 0 Å². The first-order chi connectivity index (χ1) is 10.0. The summed E-state index contributed by atoms with van der Waals surface area (Å²) in [6, 6.07) is 11.2. The van der Waals surface area contributed by atoms with E-state index in [1.807, 2.05) is 29.6 Å². The standard InChI is InChI=1S/C16H21NO2S2/c1-3-13(2)14-6-8-16(9-7-14)21(18,19)17-11-10-15-5-4-12-20-15/h4-9,12-13,17H,3,10-11H2,1-2H3. The number of hydrogen-bond donors (Lipinski definition) is 1. The maximum Gasteiger partial charge on any atom is 0.240 e. The van der Waals surface area contributed by atoms with Crippen molar-refractivity contribution in [3.63, 3.8) is 0 Å². The monoisotopic (exact) mass is 323 g/mol. The molecule has 5 heteroatoms. The van der Waals surface area contributed by atoms with Crippen molar-refractivity contribution in [2.75, 3.05) is 6.54 Å². The number of nitrogens with one attached hydrogen (secondary N) is 1. The van der Waals surface area contributed by atoms with Crippen molar-refractivity contribution in [3.05, 3.63) is 52.2 Å². The molecule has 1 atom stereocenters. The third-order valence-corrected chi connectivity index (χ3v) is 6.03. The second-order valence-corrected chi connectivity index (χ2v) is 7.90. The molecular formula is C16H21NO2S2. The summed E-state index contributed by atoms with van der Waals surface area (Å²) in [6.45, 7) is 4.69. The van der Waals surface area contributed by atoms with E-state index in [-0.39, 0.29) is 0 Å². The van der Waals surface area contributed by atoms with Crippen LogP contribution in [0.25, 0.3) is 0 Å². The van der Waals surface area contributed by atoms with Crippen LogP contribution in [0.2, 0.25) is 0 Å². The van der Waals surface area contributed by atoms with Gasteiger partial charge in [-0.05, 0) is 47.9 Å². The summed E-state index contributed by atoms with van der Waals surface area (Å²) < 4.78 is 27.1. The molecule has 0 radical (unpaired) electrons. The van der Waals surface area contributed by atoms with Gasteiger partial charge in [0.2, 0.25) is 10.0 Å². The molecule has 0 aliphatic rings. The zero-order valence-electron chi connectivity index (χ0n) is 12.4. The zero-order chi connectivity index (χ0) is 15.3. The Morgan fingerprint density at radius 1 is 1.19 bits per heavy atom. The molecule has 0 aliphatic heterocycles. The van der Waals surface area contributed by atoms with Crippen molar-refractivity contribution >= 4 is 21.4 Å². The van der Waals surface area contributed by atoms with Gasteiger partial charge in [-0.1, -0.05) is 32.0 Å². The third kappa shape index (κ3) is 4.40. The molecule has 0 amide bonds. The first-order valence-electron chi connectivity index (χ1n) is 7.15.